The van der Waals surface area contributed by atoms with Crippen molar-refractivity contribution in [1.82, 2.24) is 4.90 Å². The van der Waals surface area contributed by atoms with E-state index in [4.69, 9.17) is 10.2 Å². The zero-order valence-corrected chi connectivity index (χ0v) is 10.4. The van der Waals surface area contributed by atoms with E-state index in [0.717, 1.165) is 11.5 Å². The smallest absolute Gasteiger partial charge is 0.239 e. The Morgan fingerprint density at radius 2 is 2.12 bits per heavy atom. The van der Waals surface area contributed by atoms with E-state index in [9.17, 15) is 4.79 Å². The highest BCUT2D eigenvalue weighted by atomic mass is 16.3. The van der Waals surface area contributed by atoms with Crippen LogP contribution < -0.4 is 5.73 Å². The average Bonchev–Trinajstić information content (AvgIpc) is 2.61. The van der Waals surface area contributed by atoms with Crippen molar-refractivity contribution in [1.29, 1.82) is 0 Å². The van der Waals surface area contributed by atoms with E-state index >= 15 is 0 Å². The Morgan fingerprint density at radius 1 is 1.50 bits per heavy atom. The summed E-state index contributed by atoms with van der Waals surface area (Å²) in [6, 6.07) is 3.32. The van der Waals surface area contributed by atoms with Crippen molar-refractivity contribution in [3.8, 4) is 0 Å². The molecule has 4 heteroatoms. The summed E-state index contributed by atoms with van der Waals surface area (Å²) in [5, 5.41) is 0. The minimum absolute atomic E-state index is 0.0518. The predicted octanol–water partition coefficient (Wildman–Crippen LogP) is 1.53. The SMILES string of the molecule is Cc1ccc(CN(C)C(=O)C(N)C(C)C)o1. The Hall–Kier alpha value is -1.29. The third-order valence-corrected chi connectivity index (χ3v) is 2.57. The van der Waals surface area contributed by atoms with Gasteiger partial charge in [-0.25, -0.2) is 0 Å². The number of amides is 1. The second kappa shape index (κ2) is 5.16. The molecule has 0 spiro atoms. The van der Waals surface area contributed by atoms with Crippen molar-refractivity contribution in [2.24, 2.45) is 11.7 Å². The summed E-state index contributed by atoms with van der Waals surface area (Å²) in [6.07, 6.45) is 0. The van der Waals surface area contributed by atoms with Gasteiger partial charge in [-0.05, 0) is 25.0 Å². The van der Waals surface area contributed by atoms with Crippen LogP contribution >= 0.6 is 0 Å². The molecule has 1 amide bonds. The third-order valence-electron chi connectivity index (χ3n) is 2.57. The number of aryl methyl sites for hydroxylation is 1. The van der Waals surface area contributed by atoms with E-state index in [1.54, 1.807) is 11.9 Å². The van der Waals surface area contributed by atoms with E-state index in [0.29, 0.717) is 6.54 Å². The predicted molar refractivity (Wildman–Crippen MR) is 62.7 cm³/mol. The van der Waals surface area contributed by atoms with Crippen LogP contribution in [0.3, 0.4) is 0 Å². The zero-order valence-electron chi connectivity index (χ0n) is 10.4. The summed E-state index contributed by atoms with van der Waals surface area (Å²) in [5.74, 6) is 1.73. The Balaban J connectivity index is 2.58. The molecule has 16 heavy (non-hydrogen) atoms. The number of hydrogen-bond acceptors (Lipinski definition) is 3. The molecule has 0 aliphatic heterocycles. The van der Waals surface area contributed by atoms with Gasteiger partial charge in [0.05, 0.1) is 12.6 Å². The fraction of sp³-hybridized carbons (Fsp3) is 0.583. The molecule has 1 unspecified atom stereocenters. The molecular formula is C12H20N2O2. The maximum Gasteiger partial charge on any atom is 0.239 e. The largest absolute Gasteiger partial charge is 0.464 e. The van der Waals surface area contributed by atoms with Crippen molar-refractivity contribution in [3.63, 3.8) is 0 Å². The summed E-state index contributed by atoms with van der Waals surface area (Å²) >= 11 is 0. The van der Waals surface area contributed by atoms with Crippen LogP contribution in [0, 0.1) is 12.8 Å². The first-order chi connectivity index (χ1) is 7.41. The number of nitrogens with two attached hydrogens (primary N) is 1. The van der Waals surface area contributed by atoms with Crippen molar-refractivity contribution in [2.45, 2.75) is 33.4 Å². The lowest BCUT2D eigenvalue weighted by Gasteiger charge is -2.22. The minimum atomic E-state index is -0.443. The number of carbonyl (C=O) groups excluding carboxylic acids is 1. The van der Waals surface area contributed by atoms with Crippen LogP contribution in [0.2, 0.25) is 0 Å². The monoisotopic (exact) mass is 224 g/mol. The topological polar surface area (TPSA) is 59.5 Å². The molecule has 4 nitrogen and oxygen atoms in total. The maximum absolute atomic E-state index is 11.9. The van der Waals surface area contributed by atoms with Crippen molar-refractivity contribution in [3.05, 3.63) is 23.7 Å². The molecule has 1 heterocycles. The molecule has 0 saturated heterocycles. The van der Waals surface area contributed by atoms with E-state index in [-0.39, 0.29) is 11.8 Å². The van der Waals surface area contributed by atoms with Crippen LogP contribution in [0.5, 0.6) is 0 Å². The number of nitrogens with zero attached hydrogens (tertiary/aromatic N) is 1. The summed E-state index contributed by atoms with van der Waals surface area (Å²) in [5.41, 5.74) is 5.80. The molecule has 0 saturated carbocycles. The van der Waals surface area contributed by atoms with Crippen LogP contribution in [-0.4, -0.2) is 23.9 Å². The zero-order chi connectivity index (χ0) is 12.3. The summed E-state index contributed by atoms with van der Waals surface area (Å²) in [6.45, 7) is 6.22. The van der Waals surface area contributed by atoms with Gasteiger partial charge in [-0.15, -0.1) is 0 Å². The number of likely N-dealkylation sites (N-methyl/N-ethyl adjacent to an activating group) is 1. The Kier molecular flexibility index (Phi) is 4.12. The van der Waals surface area contributed by atoms with Crippen LogP contribution in [0.4, 0.5) is 0 Å². The third kappa shape index (κ3) is 3.10. The molecule has 0 aliphatic rings. The van der Waals surface area contributed by atoms with Gasteiger partial charge in [-0.1, -0.05) is 13.8 Å². The van der Waals surface area contributed by atoms with Crippen LogP contribution in [-0.2, 0) is 11.3 Å². The molecule has 1 rings (SSSR count). The standard InChI is InChI=1S/C12H20N2O2/c1-8(2)11(13)12(15)14(4)7-10-6-5-9(3)16-10/h5-6,8,11H,7,13H2,1-4H3. The molecule has 1 atom stereocenters. The Morgan fingerprint density at radius 3 is 2.56 bits per heavy atom. The molecular weight excluding hydrogens is 204 g/mol. The number of carbonyl (C=O) groups is 1. The number of rotatable bonds is 4. The first kappa shape index (κ1) is 12.8. The number of furan rings is 1. The van der Waals surface area contributed by atoms with Crippen molar-refractivity contribution < 1.29 is 9.21 Å². The van der Waals surface area contributed by atoms with Crippen molar-refractivity contribution >= 4 is 5.91 Å². The molecule has 0 bridgehead atoms. The van der Waals surface area contributed by atoms with Gasteiger partial charge in [-0.3, -0.25) is 4.79 Å². The van der Waals surface area contributed by atoms with Crippen LogP contribution in [0.15, 0.2) is 16.5 Å². The summed E-state index contributed by atoms with van der Waals surface area (Å²) in [4.78, 5) is 13.5. The van der Waals surface area contributed by atoms with Gasteiger partial charge in [0.1, 0.15) is 11.5 Å². The molecule has 1 aromatic rings. The molecule has 2 N–H and O–H groups in total. The average molecular weight is 224 g/mol. The van der Waals surface area contributed by atoms with E-state index in [1.807, 2.05) is 32.9 Å². The van der Waals surface area contributed by atoms with E-state index in [2.05, 4.69) is 0 Å². The number of hydrogen-bond donors (Lipinski definition) is 1. The van der Waals surface area contributed by atoms with Crippen LogP contribution in [0.1, 0.15) is 25.4 Å². The van der Waals surface area contributed by atoms with Gasteiger partial charge in [0, 0.05) is 7.05 Å². The quantitative estimate of drug-likeness (QED) is 0.843. The summed E-state index contributed by atoms with van der Waals surface area (Å²) < 4.78 is 5.41. The van der Waals surface area contributed by atoms with Gasteiger partial charge < -0.3 is 15.1 Å². The van der Waals surface area contributed by atoms with Gasteiger partial charge in [0.15, 0.2) is 0 Å². The van der Waals surface area contributed by atoms with E-state index < -0.39 is 6.04 Å². The molecule has 0 radical (unpaired) electrons. The lowest BCUT2D eigenvalue weighted by Crippen LogP contribution is -2.44. The second-order valence-electron chi connectivity index (χ2n) is 4.48. The molecule has 0 aliphatic carbocycles. The maximum atomic E-state index is 11.9. The normalized spacial score (nSPS) is 12.9. The van der Waals surface area contributed by atoms with E-state index in [1.165, 1.54) is 0 Å². The summed E-state index contributed by atoms with van der Waals surface area (Å²) in [7, 11) is 1.74. The fourth-order valence-electron chi connectivity index (χ4n) is 1.42. The highest BCUT2D eigenvalue weighted by molar-refractivity contribution is 5.81. The highest BCUT2D eigenvalue weighted by Crippen LogP contribution is 2.10. The second-order valence-corrected chi connectivity index (χ2v) is 4.48. The first-order valence-corrected chi connectivity index (χ1v) is 5.47. The Bertz CT molecular complexity index is 358. The van der Waals surface area contributed by atoms with Gasteiger partial charge in [-0.2, -0.15) is 0 Å². The highest BCUT2D eigenvalue weighted by Gasteiger charge is 2.21. The lowest BCUT2D eigenvalue weighted by atomic mass is 10.0. The Labute approximate surface area is 96.4 Å². The minimum Gasteiger partial charge on any atom is -0.464 e. The van der Waals surface area contributed by atoms with Gasteiger partial charge in [0.2, 0.25) is 5.91 Å². The molecule has 0 aromatic carbocycles. The molecule has 0 fully saturated rings. The van der Waals surface area contributed by atoms with Crippen molar-refractivity contribution in [2.75, 3.05) is 7.05 Å². The fourth-order valence-corrected chi connectivity index (χ4v) is 1.42. The van der Waals surface area contributed by atoms with Gasteiger partial charge >= 0.3 is 0 Å². The molecule has 90 valence electrons. The van der Waals surface area contributed by atoms with Crippen LogP contribution in [0.25, 0.3) is 0 Å². The van der Waals surface area contributed by atoms with Gasteiger partial charge in [0.25, 0.3) is 0 Å². The lowest BCUT2D eigenvalue weighted by molar-refractivity contribution is -0.133. The molecule has 1 aromatic heterocycles. The first-order valence-electron chi connectivity index (χ1n) is 5.47.